The lowest BCUT2D eigenvalue weighted by atomic mass is 10.1. The molecule has 0 bridgehead atoms. The van der Waals surface area contributed by atoms with E-state index in [2.05, 4.69) is 33.4 Å². The van der Waals surface area contributed by atoms with Gasteiger partial charge in [-0.05, 0) is 54.0 Å². The van der Waals surface area contributed by atoms with Gasteiger partial charge in [0.1, 0.15) is 5.82 Å². The molecule has 1 aromatic carbocycles. The van der Waals surface area contributed by atoms with Gasteiger partial charge in [-0.1, -0.05) is 6.07 Å². The molecule has 1 unspecified atom stereocenters. The number of nitrogens with one attached hydrogen (secondary N) is 1. The molecule has 5 heteroatoms. The van der Waals surface area contributed by atoms with Gasteiger partial charge in [-0.15, -0.1) is 11.3 Å². The van der Waals surface area contributed by atoms with Crippen LogP contribution < -0.4 is 5.32 Å². The molecule has 1 amide bonds. The van der Waals surface area contributed by atoms with Crippen LogP contribution in [0.1, 0.15) is 27.0 Å². The van der Waals surface area contributed by atoms with Crippen molar-refractivity contribution >= 4 is 33.2 Å². The van der Waals surface area contributed by atoms with E-state index >= 15 is 0 Å². The maximum atomic E-state index is 13.8. The molecule has 2 rings (SSSR count). The Bertz CT molecular complexity index is 626. The van der Waals surface area contributed by atoms with Crippen molar-refractivity contribution in [1.82, 2.24) is 5.32 Å². The Morgan fingerprint density at radius 1 is 1.40 bits per heavy atom. The molecule has 2 aromatic rings. The molecule has 20 heavy (non-hydrogen) atoms. The fourth-order valence-corrected chi connectivity index (χ4v) is 3.31. The van der Waals surface area contributed by atoms with E-state index in [-0.39, 0.29) is 17.5 Å². The van der Waals surface area contributed by atoms with E-state index in [0.29, 0.717) is 4.47 Å². The molecule has 106 valence electrons. The lowest BCUT2D eigenvalue weighted by molar-refractivity contribution is 0.0936. The minimum Gasteiger partial charge on any atom is -0.349 e. The smallest absolute Gasteiger partial charge is 0.254 e. The number of amides is 1. The molecule has 0 aliphatic heterocycles. The number of rotatable bonds is 4. The first-order valence-corrected chi connectivity index (χ1v) is 7.88. The molecule has 0 fully saturated rings. The number of carbonyl (C=O) groups is 1. The van der Waals surface area contributed by atoms with E-state index in [0.717, 1.165) is 6.42 Å². The van der Waals surface area contributed by atoms with Crippen molar-refractivity contribution in [1.29, 1.82) is 0 Å². The molecule has 0 spiro atoms. The molecule has 1 aromatic heterocycles. The third-order valence-electron chi connectivity index (χ3n) is 2.88. The van der Waals surface area contributed by atoms with Crippen LogP contribution in [-0.2, 0) is 6.42 Å². The van der Waals surface area contributed by atoms with E-state index < -0.39 is 5.82 Å². The number of thiophene rings is 1. The first kappa shape index (κ1) is 15.2. The standard InChI is InChI=1S/C15H15BrFNOS/c1-9(8-11-7-6-10(2)20-11)18-15(19)12-4-3-5-13(16)14(12)17/h3-7,9H,8H2,1-2H3,(H,18,19). The van der Waals surface area contributed by atoms with Crippen LogP contribution >= 0.6 is 27.3 Å². The zero-order valence-electron chi connectivity index (χ0n) is 11.2. The van der Waals surface area contributed by atoms with Crippen LogP contribution in [0.4, 0.5) is 4.39 Å². The van der Waals surface area contributed by atoms with Crippen LogP contribution in [0, 0.1) is 12.7 Å². The lowest BCUT2D eigenvalue weighted by Crippen LogP contribution is -2.34. The summed E-state index contributed by atoms with van der Waals surface area (Å²) in [5.41, 5.74) is 0.0635. The molecule has 1 heterocycles. The highest BCUT2D eigenvalue weighted by Gasteiger charge is 2.16. The average molecular weight is 356 g/mol. The Morgan fingerprint density at radius 2 is 2.15 bits per heavy atom. The SMILES string of the molecule is Cc1ccc(CC(C)NC(=O)c2cccc(Br)c2F)s1. The maximum absolute atomic E-state index is 13.8. The third kappa shape index (κ3) is 3.67. The number of carbonyl (C=O) groups excluding carboxylic acids is 1. The van der Waals surface area contributed by atoms with Crippen molar-refractivity contribution in [3.8, 4) is 0 Å². The van der Waals surface area contributed by atoms with E-state index in [4.69, 9.17) is 0 Å². The first-order valence-electron chi connectivity index (χ1n) is 6.27. The van der Waals surface area contributed by atoms with Crippen LogP contribution in [-0.4, -0.2) is 11.9 Å². The number of hydrogen-bond acceptors (Lipinski definition) is 2. The minimum atomic E-state index is -0.524. The van der Waals surface area contributed by atoms with Crippen LogP contribution in [0.25, 0.3) is 0 Å². The summed E-state index contributed by atoms with van der Waals surface area (Å²) in [7, 11) is 0. The molecule has 1 N–H and O–H groups in total. The van der Waals surface area contributed by atoms with Gasteiger partial charge in [0.25, 0.3) is 5.91 Å². The highest BCUT2D eigenvalue weighted by molar-refractivity contribution is 9.10. The van der Waals surface area contributed by atoms with Gasteiger partial charge in [-0.2, -0.15) is 0 Å². The molecule has 0 aliphatic rings. The Morgan fingerprint density at radius 3 is 2.80 bits per heavy atom. The highest BCUT2D eigenvalue weighted by atomic mass is 79.9. The Balaban J connectivity index is 2.02. The molecular weight excluding hydrogens is 341 g/mol. The summed E-state index contributed by atoms with van der Waals surface area (Å²) in [6.07, 6.45) is 0.750. The van der Waals surface area contributed by atoms with Crippen LogP contribution in [0.15, 0.2) is 34.8 Å². The average Bonchev–Trinajstić information content (AvgIpc) is 2.77. The molecule has 0 saturated heterocycles. The van der Waals surface area contributed by atoms with Gasteiger partial charge in [0.05, 0.1) is 10.0 Å². The van der Waals surface area contributed by atoms with Crippen molar-refractivity contribution in [3.05, 3.63) is 55.9 Å². The highest BCUT2D eigenvalue weighted by Crippen LogP contribution is 2.19. The van der Waals surface area contributed by atoms with E-state index in [9.17, 15) is 9.18 Å². The largest absolute Gasteiger partial charge is 0.349 e. The second-order valence-electron chi connectivity index (χ2n) is 4.69. The van der Waals surface area contributed by atoms with Gasteiger partial charge in [-0.25, -0.2) is 4.39 Å². The molecule has 2 nitrogen and oxygen atoms in total. The summed E-state index contributed by atoms with van der Waals surface area (Å²) in [6.45, 7) is 3.97. The lowest BCUT2D eigenvalue weighted by Gasteiger charge is -2.13. The maximum Gasteiger partial charge on any atom is 0.254 e. The fourth-order valence-electron chi connectivity index (χ4n) is 1.93. The zero-order chi connectivity index (χ0) is 14.7. The molecule has 0 radical (unpaired) electrons. The van der Waals surface area contributed by atoms with Crippen molar-refractivity contribution in [2.45, 2.75) is 26.3 Å². The van der Waals surface area contributed by atoms with Gasteiger partial charge >= 0.3 is 0 Å². The van der Waals surface area contributed by atoms with Crippen LogP contribution in [0.3, 0.4) is 0 Å². The monoisotopic (exact) mass is 355 g/mol. The molecule has 0 aliphatic carbocycles. The minimum absolute atomic E-state index is 0.0427. The third-order valence-corrected chi connectivity index (χ3v) is 4.51. The van der Waals surface area contributed by atoms with Crippen molar-refractivity contribution in [3.63, 3.8) is 0 Å². The molecule has 1 atom stereocenters. The van der Waals surface area contributed by atoms with Crippen LogP contribution in [0.5, 0.6) is 0 Å². The summed E-state index contributed by atoms with van der Waals surface area (Å²) in [4.78, 5) is 14.5. The summed E-state index contributed by atoms with van der Waals surface area (Å²) >= 11 is 4.80. The predicted molar refractivity (Wildman–Crippen MR) is 83.8 cm³/mol. The summed E-state index contributed by atoms with van der Waals surface area (Å²) in [5.74, 6) is -0.909. The zero-order valence-corrected chi connectivity index (χ0v) is 13.6. The first-order chi connectivity index (χ1) is 9.47. The van der Waals surface area contributed by atoms with Gasteiger partial charge < -0.3 is 5.32 Å². The topological polar surface area (TPSA) is 29.1 Å². The predicted octanol–water partition coefficient (Wildman–Crippen LogP) is 4.32. The van der Waals surface area contributed by atoms with E-state index in [1.807, 2.05) is 13.8 Å². The second kappa shape index (κ2) is 6.50. The van der Waals surface area contributed by atoms with Gasteiger partial charge in [0.2, 0.25) is 0 Å². The quantitative estimate of drug-likeness (QED) is 0.869. The fraction of sp³-hybridized carbons (Fsp3) is 0.267. The summed E-state index contributed by atoms with van der Waals surface area (Å²) in [6, 6.07) is 8.78. The van der Waals surface area contributed by atoms with Gasteiger partial charge in [0.15, 0.2) is 0 Å². The van der Waals surface area contributed by atoms with Crippen molar-refractivity contribution < 1.29 is 9.18 Å². The van der Waals surface area contributed by atoms with Gasteiger partial charge in [0, 0.05) is 22.2 Å². The van der Waals surface area contributed by atoms with Crippen molar-refractivity contribution in [2.24, 2.45) is 0 Å². The summed E-state index contributed by atoms with van der Waals surface area (Å²) in [5, 5.41) is 2.83. The van der Waals surface area contributed by atoms with Crippen LogP contribution in [0.2, 0.25) is 0 Å². The second-order valence-corrected chi connectivity index (χ2v) is 6.92. The number of aryl methyl sites for hydroxylation is 1. The van der Waals surface area contributed by atoms with Crippen molar-refractivity contribution in [2.75, 3.05) is 0 Å². The van der Waals surface area contributed by atoms with E-state index in [1.54, 1.807) is 23.5 Å². The molecular formula is C15H15BrFNOS. The number of hydrogen-bond donors (Lipinski definition) is 1. The normalized spacial score (nSPS) is 12.2. The number of halogens is 2. The Kier molecular flexibility index (Phi) is 4.94. The van der Waals surface area contributed by atoms with E-state index in [1.165, 1.54) is 15.8 Å². The van der Waals surface area contributed by atoms with Gasteiger partial charge in [-0.3, -0.25) is 4.79 Å². The Hall–Kier alpha value is -1.20. The number of benzene rings is 1. The summed E-state index contributed by atoms with van der Waals surface area (Å²) < 4.78 is 14.1. The molecule has 0 saturated carbocycles. The Labute approximate surface area is 130 Å².